The van der Waals surface area contributed by atoms with Crippen LogP contribution in [0.25, 0.3) is 0 Å². The molecule has 1 spiro atoms. The molecule has 2 bridgehead atoms. The average molecular weight is 760 g/mol. The van der Waals surface area contributed by atoms with Gasteiger partial charge in [-0.15, -0.1) is 13.2 Å². The Bertz CT molecular complexity index is 1410. The Hall–Kier alpha value is -3.10. The van der Waals surface area contributed by atoms with Gasteiger partial charge in [-0.25, -0.2) is 0 Å². The van der Waals surface area contributed by atoms with Crippen molar-refractivity contribution in [1.82, 2.24) is 19.6 Å². The molecule has 1 N–H and O–H groups in total. The maximum Gasteiger partial charge on any atom is 0.313 e. The molecule has 274 valence electrons. The van der Waals surface area contributed by atoms with Gasteiger partial charge in [0.25, 0.3) is 0 Å². The predicted molar refractivity (Wildman–Crippen MR) is 190 cm³/mol. The third-order valence-corrected chi connectivity index (χ3v) is 11.6. The van der Waals surface area contributed by atoms with Crippen LogP contribution < -0.4 is 0 Å². The average Bonchev–Trinajstić information content (AvgIpc) is 3.73. The molecule has 0 saturated carbocycles. The van der Waals surface area contributed by atoms with Crippen molar-refractivity contribution < 1.29 is 38.5 Å². The van der Waals surface area contributed by atoms with Crippen LogP contribution in [0, 0.1) is 11.8 Å². The van der Waals surface area contributed by atoms with E-state index in [-0.39, 0.29) is 36.2 Å². The topological polar surface area (TPSA) is 129 Å². The number of carbonyl (C=O) groups is 4. The lowest BCUT2D eigenvalue weighted by Gasteiger charge is -2.39. The van der Waals surface area contributed by atoms with Crippen LogP contribution in [0.15, 0.2) is 55.6 Å². The first-order chi connectivity index (χ1) is 24.0. The molecular weight excluding hydrogens is 708 g/mol. The van der Waals surface area contributed by atoms with Gasteiger partial charge in [-0.05, 0) is 32.3 Å². The Kier molecular flexibility index (Phi) is 12.6. The van der Waals surface area contributed by atoms with Crippen molar-refractivity contribution in [2.75, 3.05) is 59.6 Å². The van der Waals surface area contributed by atoms with E-state index in [0.717, 1.165) is 13.1 Å². The minimum atomic E-state index is -1.32. The molecule has 50 heavy (non-hydrogen) atoms. The number of rotatable bonds is 16. The molecule has 4 heterocycles. The number of halogens is 1. The highest BCUT2D eigenvalue weighted by Gasteiger charge is 2.77. The Labute approximate surface area is 303 Å². The number of amides is 3. The van der Waals surface area contributed by atoms with E-state index in [9.17, 15) is 24.3 Å². The van der Waals surface area contributed by atoms with Gasteiger partial charge in [-0.1, -0.05) is 58.4 Å². The monoisotopic (exact) mass is 758 g/mol. The van der Waals surface area contributed by atoms with Crippen LogP contribution >= 0.6 is 15.9 Å². The van der Waals surface area contributed by atoms with Crippen molar-refractivity contribution >= 4 is 39.6 Å². The van der Waals surface area contributed by atoms with Crippen molar-refractivity contribution in [1.29, 1.82) is 0 Å². The zero-order valence-electron chi connectivity index (χ0n) is 29.3. The summed E-state index contributed by atoms with van der Waals surface area (Å²) >= 11 is 3.73. The number of esters is 1. The normalized spacial score (nSPS) is 29.2. The molecule has 12 nitrogen and oxygen atoms in total. The molecule has 4 saturated heterocycles. The highest BCUT2D eigenvalue weighted by atomic mass is 79.9. The standard InChI is InChI=1S/C37H51BrN4O8/c1-6-8-14-28(44)39(5)25(4)31(26-12-10-9-11-13-26)49-36(47)29-30-34(45)42(24(3)23-43)33(37(30)22-27(38)32(29)50-37)35(46)41(15-7-2)17-16-40-18-20-48-21-19-40/h6-7,9-13,24-25,27,29-33,43H,1-2,8,14-23H2,3-5H3/t24-,25-,27?,29-,30+,31+,32-,33-,37+/m1/s1. The summed E-state index contributed by atoms with van der Waals surface area (Å²) in [6.45, 7) is 14.8. The van der Waals surface area contributed by atoms with Crippen molar-refractivity contribution in [3.8, 4) is 0 Å². The summed E-state index contributed by atoms with van der Waals surface area (Å²) in [5, 5.41) is 10.3. The predicted octanol–water partition coefficient (Wildman–Crippen LogP) is 2.56. The van der Waals surface area contributed by atoms with E-state index in [4.69, 9.17) is 14.2 Å². The van der Waals surface area contributed by atoms with Crippen LogP contribution in [0.1, 0.15) is 44.8 Å². The van der Waals surface area contributed by atoms with Gasteiger partial charge in [0.2, 0.25) is 17.7 Å². The third-order valence-electron chi connectivity index (χ3n) is 10.8. The number of alkyl halides is 1. The second-order valence-corrected chi connectivity index (χ2v) is 15.0. The molecule has 4 aliphatic rings. The third kappa shape index (κ3) is 7.30. The molecule has 1 aromatic carbocycles. The fourth-order valence-corrected chi connectivity index (χ4v) is 8.95. The number of aliphatic hydroxyl groups is 1. The first kappa shape index (κ1) is 38.1. The molecular formula is C37H51BrN4O8. The maximum absolute atomic E-state index is 14.7. The summed E-state index contributed by atoms with van der Waals surface area (Å²) < 4.78 is 18.5. The van der Waals surface area contributed by atoms with E-state index in [2.05, 4.69) is 34.0 Å². The van der Waals surface area contributed by atoms with E-state index in [1.807, 2.05) is 37.3 Å². The molecule has 1 aromatic rings. The zero-order valence-corrected chi connectivity index (χ0v) is 30.9. The number of ether oxygens (including phenoxy) is 3. The van der Waals surface area contributed by atoms with Crippen LogP contribution in [0.4, 0.5) is 0 Å². The zero-order chi connectivity index (χ0) is 36.2. The Morgan fingerprint density at radius 2 is 1.86 bits per heavy atom. The molecule has 4 aliphatic heterocycles. The summed E-state index contributed by atoms with van der Waals surface area (Å²) in [6, 6.07) is 6.91. The first-order valence-electron chi connectivity index (χ1n) is 17.6. The van der Waals surface area contributed by atoms with E-state index < -0.39 is 59.6 Å². The van der Waals surface area contributed by atoms with E-state index in [1.165, 1.54) is 4.90 Å². The maximum atomic E-state index is 14.7. The molecule has 13 heteroatoms. The number of likely N-dealkylation sites (tertiary alicyclic amines) is 1. The lowest BCUT2D eigenvalue weighted by atomic mass is 9.70. The Balaban J connectivity index is 1.46. The fourth-order valence-electron chi connectivity index (χ4n) is 8.01. The van der Waals surface area contributed by atoms with Crippen molar-refractivity contribution in [3.63, 3.8) is 0 Å². The summed E-state index contributed by atoms with van der Waals surface area (Å²) in [4.78, 5) is 63.3. The van der Waals surface area contributed by atoms with Crippen LogP contribution in [0.5, 0.6) is 0 Å². The first-order valence-corrected chi connectivity index (χ1v) is 18.5. The van der Waals surface area contributed by atoms with Crippen molar-refractivity contribution in [2.24, 2.45) is 11.8 Å². The summed E-state index contributed by atoms with van der Waals surface area (Å²) in [6.07, 6.45) is 2.90. The van der Waals surface area contributed by atoms with E-state index in [0.29, 0.717) is 44.7 Å². The summed E-state index contributed by atoms with van der Waals surface area (Å²) in [5.74, 6) is -3.49. The quantitative estimate of drug-likeness (QED) is 0.154. The lowest BCUT2D eigenvalue weighted by molar-refractivity contribution is -0.165. The number of benzene rings is 1. The number of fused-ring (bicyclic) bond motifs is 1. The van der Waals surface area contributed by atoms with Gasteiger partial charge in [-0.2, -0.15) is 0 Å². The van der Waals surface area contributed by atoms with Gasteiger partial charge in [0.05, 0.1) is 49.8 Å². The van der Waals surface area contributed by atoms with Crippen LogP contribution in [0.2, 0.25) is 0 Å². The second kappa shape index (κ2) is 16.5. The second-order valence-electron chi connectivity index (χ2n) is 13.8. The van der Waals surface area contributed by atoms with Gasteiger partial charge >= 0.3 is 5.97 Å². The SMILES string of the molecule is C=CCCC(=O)N(C)[C@H](C)[C@H](OC(=O)[C@H]1[C@@H]2O[C@@]3(CC2Br)[C@@H]1C(=O)N([C@H](C)CO)[C@@H]3C(=O)N(CC=C)CCN1CCOCC1)c1ccccc1. The fraction of sp³-hybridized carbons (Fsp3) is 0.622. The number of nitrogens with zero attached hydrogens (tertiary/aromatic N) is 4. The molecule has 0 aliphatic carbocycles. The van der Waals surface area contributed by atoms with E-state index in [1.54, 1.807) is 35.9 Å². The minimum Gasteiger partial charge on any atom is -0.455 e. The number of hydrogen-bond donors (Lipinski definition) is 1. The van der Waals surface area contributed by atoms with Crippen LogP contribution in [-0.2, 0) is 33.4 Å². The molecule has 9 atom stereocenters. The molecule has 3 amide bonds. The molecule has 0 aromatic heterocycles. The number of aliphatic hydroxyl groups excluding tert-OH is 1. The number of hydrogen-bond acceptors (Lipinski definition) is 9. The molecule has 5 rings (SSSR count). The van der Waals surface area contributed by atoms with Gasteiger partial charge in [-0.3, -0.25) is 24.1 Å². The molecule has 4 fully saturated rings. The largest absolute Gasteiger partial charge is 0.455 e. The number of likely N-dealkylation sites (N-methyl/N-ethyl adjacent to an activating group) is 1. The smallest absolute Gasteiger partial charge is 0.313 e. The van der Waals surface area contributed by atoms with Gasteiger partial charge in [0.1, 0.15) is 17.7 Å². The Morgan fingerprint density at radius 3 is 2.50 bits per heavy atom. The van der Waals surface area contributed by atoms with Crippen LogP contribution in [0.3, 0.4) is 0 Å². The highest BCUT2D eigenvalue weighted by Crippen LogP contribution is 2.61. The highest BCUT2D eigenvalue weighted by molar-refractivity contribution is 9.09. The number of morpholine rings is 1. The summed E-state index contributed by atoms with van der Waals surface area (Å²) in [7, 11) is 1.68. The van der Waals surface area contributed by atoms with E-state index >= 15 is 0 Å². The van der Waals surface area contributed by atoms with Gasteiger partial charge in [0.15, 0.2) is 0 Å². The van der Waals surface area contributed by atoms with Crippen molar-refractivity contribution in [2.45, 2.75) is 73.9 Å². The Morgan fingerprint density at radius 1 is 1.16 bits per heavy atom. The van der Waals surface area contributed by atoms with Crippen molar-refractivity contribution in [3.05, 3.63) is 61.2 Å². The van der Waals surface area contributed by atoms with Gasteiger partial charge in [0, 0.05) is 51.0 Å². The molecule has 0 radical (unpaired) electrons. The summed E-state index contributed by atoms with van der Waals surface area (Å²) in [5.41, 5.74) is -0.614. The number of allylic oxidation sites excluding steroid dienone is 1. The number of carbonyl (C=O) groups excluding carboxylic acids is 4. The minimum absolute atomic E-state index is 0.115. The van der Waals surface area contributed by atoms with Crippen LogP contribution in [-0.4, -0.2) is 143 Å². The lowest BCUT2D eigenvalue weighted by Crippen LogP contribution is -2.59. The molecule has 1 unspecified atom stereocenters. The van der Waals surface area contributed by atoms with Gasteiger partial charge < -0.3 is 34.0 Å².